The Morgan fingerprint density at radius 3 is 1.96 bits per heavy atom. The van der Waals surface area contributed by atoms with Gasteiger partial charge in [0, 0.05) is 17.3 Å². The molecule has 0 aromatic heterocycles. The van der Waals surface area contributed by atoms with E-state index in [1.54, 1.807) is 0 Å². The number of halogens is 6. The summed E-state index contributed by atoms with van der Waals surface area (Å²) in [6.45, 7) is 0. The van der Waals surface area contributed by atoms with Gasteiger partial charge < -0.3 is 9.90 Å². The third-order valence-corrected chi connectivity index (χ3v) is 4.53. The van der Waals surface area contributed by atoms with Gasteiger partial charge in [0.1, 0.15) is 0 Å². The average molecular weight is 430 g/mol. The lowest BCUT2D eigenvalue weighted by Crippen LogP contribution is -2.61. The highest BCUT2D eigenvalue weighted by Gasteiger charge is 2.70. The van der Waals surface area contributed by atoms with Crippen LogP contribution in [-0.4, -0.2) is 23.1 Å². The molecule has 0 aliphatic rings. The SMILES string of the molecule is O=C([O-])C(F)(c1ccccc1)C(F)(F)C(F)(F)CCCCCCCBr. The largest absolute Gasteiger partial charge is 0.546 e. The minimum Gasteiger partial charge on any atom is -0.546 e. The van der Waals surface area contributed by atoms with Crippen LogP contribution in [0.15, 0.2) is 30.3 Å². The molecule has 8 heteroatoms. The first kappa shape index (κ1) is 21.9. The summed E-state index contributed by atoms with van der Waals surface area (Å²) in [4.78, 5) is 11.1. The quantitative estimate of drug-likeness (QED) is 0.292. The second-order valence-electron chi connectivity index (χ2n) is 5.80. The second kappa shape index (κ2) is 8.96. The fraction of sp³-hybridized carbons (Fsp3) is 0.588. The summed E-state index contributed by atoms with van der Waals surface area (Å²) in [5.74, 6) is -13.2. The van der Waals surface area contributed by atoms with Crippen LogP contribution in [0.2, 0.25) is 0 Å². The molecule has 0 radical (unpaired) electrons. The fourth-order valence-electron chi connectivity index (χ4n) is 2.48. The number of benzene rings is 1. The van der Waals surface area contributed by atoms with Crippen molar-refractivity contribution in [3.05, 3.63) is 35.9 Å². The van der Waals surface area contributed by atoms with Gasteiger partial charge in [-0.1, -0.05) is 65.5 Å². The summed E-state index contributed by atoms with van der Waals surface area (Å²) in [5, 5.41) is 11.8. The van der Waals surface area contributed by atoms with E-state index >= 15 is 0 Å². The molecule has 0 aliphatic heterocycles. The number of aliphatic carboxylic acids is 1. The van der Waals surface area contributed by atoms with Crippen LogP contribution in [0, 0.1) is 0 Å². The van der Waals surface area contributed by atoms with Crippen LogP contribution in [0.4, 0.5) is 22.0 Å². The highest BCUT2D eigenvalue weighted by atomic mass is 79.9. The molecule has 1 atom stereocenters. The normalized spacial score (nSPS) is 15.0. The summed E-state index contributed by atoms with van der Waals surface area (Å²) in [6, 6.07) is 4.94. The van der Waals surface area contributed by atoms with Crippen LogP contribution in [0.25, 0.3) is 0 Å². The fourth-order valence-corrected chi connectivity index (χ4v) is 2.87. The van der Waals surface area contributed by atoms with Crippen molar-refractivity contribution in [3.63, 3.8) is 0 Å². The van der Waals surface area contributed by atoms with Crippen molar-refractivity contribution in [2.45, 2.75) is 56.0 Å². The van der Waals surface area contributed by atoms with E-state index in [2.05, 4.69) is 15.9 Å². The van der Waals surface area contributed by atoms with E-state index in [9.17, 15) is 31.9 Å². The van der Waals surface area contributed by atoms with Crippen LogP contribution >= 0.6 is 15.9 Å². The van der Waals surface area contributed by atoms with E-state index in [0.29, 0.717) is 6.42 Å². The maximum absolute atomic E-state index is 14.7. The molecule has 1 aromatic carbocycles. The van der Waals surface area contributed by atoms with Crippen LogP contribution in [-0.2, 0) is 10.5 Å². The van der Waals surface area contributed by atoms with Crippen LogP contribution < -0.4 is 5.11 Å². The predicted octanol–water partition coefficient (Wildman–Crippen LogP) is 4.61. The maximum Gasteiger partial charge on any atom is 0.352 e. The molecule has 0 N–H and O–H groups in total. The summed E-state index contributed by atoms with van der Waals surface area (Å²) in [5.41, 5.74) is -5.69. The van der Waals surface area contributed by atoms with Crippen molar-refractivity contribution in [2.24, 2.45) is 0 Å². The second-order valence-corrected chi connectivity index (χ2v) is 6.59. The van der Waals surface area contributed by atoms with Crippen molar-refractivity contribution in [2.75, 3.05) is 5.33 Å². The van der Waals surface area contributed by atoms with Gasteiger partial charge in [-0.25, -0.2) is 4.39 Å². The van der Waals surface area contributed by atoms with Crippen LogP contribution in [0.3, 0.4) is 0 Å². The molecule has 0 heterocycles. The third kappa shape index (κ3) is 4.71. The first-order chi connectivity index (χ1) is 11.6. The van der Waals surface area contributed by atoms with Gasteiger partial charge in [0.2, 0.25) is 5.67 Å². The molecule has 1 unspecified atom stereocenters. The Bertz CT molecular complexity index is 553. The molecule has 0 saturated carbocycles. The molecular weight excluding hydrogens is 411 g/mol. The molecule has 0 bridgehead atoms. The number of hydrogen-bond acceptors (Lipinski definition) is 2. The smallest absolute Gasteiger partial charge is 0.352 e. The monoisotopic (exact) mass is 429 g/mol. The van der Waals surface area contributed by atoms with Crippen molar-refractivity contribution < 1.29 is 31.9 Å². The van der Waals surface area contributed by atoms with E-state index in [0.717, 1.165) is 42.4 Å². The van der Waals surface area contributed by atoms with E-state index in [-0.39, 0.29) is 12.8 Å². The Kier molecular flexibility index (Phi) is 7.84. The number of carboxylic acid groups (broad SMARTS) is 1. The highest BCUT2D eigenvalue weighted by Crippen LogP contribution is 2.51. The molecular formula is C17H19BrF5O2-. The highest BCUT2D eigenvalue weighted by molar-refractivity contribution is 9.09. The van der Waals surface area contributed by atoms with Gasteiger partial charge in [0.25, 0.3) is 0 Å². The predicted molar refractivity (Wildman–Crippen MR) is 85.6 cm³/mol. The third-order valence-electron chi connectivity index (χ3n) is 3.97. The number of rotatable bonds is 11. The lowest BCUT2D eigenvalue weighted by Gasteiger charge is -2.39. The summed E-state index contributed by atoms with van der Waals surface area (Å²) in [6.07, 6.45) is 0.868. The molecule has 2 nitrogen and oxygen atoms in total. The van der Waals surface area contributed by atoms with Gasteiger partial charge in [0.15, 0.2) is 0 Å². The Morgan fingerprint density at radius 2 is 1.44 bits per heavy atom. The van der Waals surface area contributed by atoms with Gasteiger partial charge in [-0.05, 0) is 12.8 Å². The van der Waals surface area contributed by atoms with Crippen molar-refractivity contribution >= 4 is 21.9 Å². The number of hydrogen-bond donors (Lipinski definition) is 0. The number of alkyl halides is 6. The van der Waals surface area contributed by atoms with Gasteiger partial charge in [-0.3, -0.25) is 0 Å². The topological polar surface area (TPSA) is 40.1 Å². The zero-order chi connectivity index (χ0) is 19.1. The molecule has 25 heavy (non-hydrogen) atoms. The summed E-state index contributed by atoms with van der Waals surface area (Å²) >= 11 is 3.21. The minimum absolute atomic E-state index is 0.261. The zero-order valence-corrected chi connectivity index (χ0v) is 15.0. The van der Waals surface area contributed by atoms with Crippen molar-refractivity contribution in [1.82, 2.24) is 0 Å². The number of carbonyl (C=O) groups excluding carboxylic acids is 1. The number of carboxylic acids is 1. The number of unbranched alkanes of at least 4 members (excludes halogenated alkanes) is 4. The van der Waals surface area contributed by atoms with Gasteiger partial charge in [-0.2, -0.15) is 17.6 Å². The van der Waals surface area contributed by atoms with Gasteiger partial charge >= 0.3 is 11.8 Å². The maximum atomic E-state index is 14.7. The van der Waals surface area contributed by atoms with E-state index in [1.807, 2.05) is 0 Å². The Balaban J connectivity index is 2.95. The average Bonchev–Trinajstić information content (AvgIpc) is 2.57. The number of carbonyl (C=O) groups is 1. The molecule has 0 saturated heterocycles. The van der Waals surface area contributed by atoms with Gasteiger partial charge in [-0.15, -0.1) is 0 Å². The zero-order valence-electron chi connectivity index (χ0n) is 13.4. The molecule has 1 aromatic rings. The molecule has 142 valence electrons. The summed E-state index contributed by atoms with van der Waals surface area (Å²) < 4.78 is 71.3. The van der Waals surface area contributed by atoms with Crippen LogP contribution in [0.5, 0.6) is 0 Å². The van der Waals surface area contributed by atoms with E-state index in [1.165, 1.54) is 6.07 Å². The van der Waals surface area contributed by atoms with E-state index < -0.39 is 35.5 Å². The molecule has 0 fully saturated rings. The lowest BCUT2D eigenvalue weighted by molar-refractivity contribution is -0.352. The molecule has 1 rings (SSSR count). The molecule has 0 aliphatic carbocycles. The lowest BCUT2D eigenvalue weighted by atomic mass is 9.84. The van der Waals surface area contributed by atoms with Crippen molar-refractivity contribution in [3.8, 4) is 0 Å². The Hall–Kier alpha value is -1.18. The standard InChI is InChI=1S/C17H20BrF5O2/c18-12-8-3-1-2-7-11-15(19,20)17(22,23)16(21,14(24)25)13-9-5-4-6-10-13/h4-6,9-10H,1-3,7-8,11-12H2,(H,24,25)/p-1. The molecule has 0 spiro atoms. The Morgan fingerprint density at radius 1 is 0.920 bits per heavy atom. The van der Waals surface area contributed by atoms with Crippen molar-refractivity contribution in [1.29, 1.82) is 0 Å². The first-order valence-electron chi connectivity index (χ1n) is 7.88. The van der Waals surface area contributed by atoms with E-state index in [4.69, 9.17) is 0 Å². The Labute approximate surface area is 151 Å². The first-order valence-corrected chi connectivity index (χ1v) is 9.01. The summed E-state index contributed by atoms with van der Waals surface area (Å²) in [7, 11) is 0. The van der Waals surface area contributed by atoms with Crippen LogP contribution in [0.1, 0.15) is 44.1 Å². The minimum atomic E-state index is -5.45. The molecule has 0 amide bonds. The van der Waals surface area contributed by atoms with Gasteiger partial charge in [0.05, 0.1) is 5.97 Å².